The van der Waals surface area contributed by atoms with Crippen LogP contribution in [0.2, 0.25) is 0 Å². The molecule has 1 unspecified atom stereocenters. The Morgan fingerprint density at radius 2 is 1.90 bits per heavy atom. The second-order valence-corrected chi connectivity index (χ2v) is 6.82. The summed E-state index contributed by atoms with van der Waals surface area (Å²) < 4.78 is 10.9. The van der Waals surface area contributed by atoms with E-state index in [2.05, 4.69) is 5.32 Å². The van der Waals surface area contributed by atoms with Gasteiger partial charge < -0.3 is 19.7 Å². The fraction of sp³-hybridized carbons (Fsp3) is 0.933. The highest BCUT2D eigenvalue weighted by Gasteiger charge is 2.28. The molecule has 0 aromatic rings. The minimum Gasteiger partial charge on any atom is -0.444 e. The van der Waals surface area contributed by atoms with Gasteiger partial charge in [-0.3, -0.25) is 0 Å². The molecule has 2 aliphatic heterocycles. The molecule has 2 aliphatic rings. The van der Waals surface area contributed by atoms with Crippen molar-refractivity contribution < 1.29 is 14.3 Å². The van der Waals surface area contributed by atoms with Crippen LogP contribution in [0.4, 0.5) is 4.79 Å². The quantitative estimate of drug-likeness (QED) is 0.844. The summed E-state index contributed by atoms with van der Waals surface area (Å²) in [5.74, 6) is 0. The lowest BCUT2D eigenvalue weighted by Crippen LogP contribution is -2.50. The number of hydrogen-bond acceptors (Lipinski definition) is 4. The Balaban J connectivity index is 1.70. The van der Waals surface area contributed by atoms with Gasteiger partial charge in [0.05, 0.1) is 6.61 Å². The van der Waals surface area contributed by atoms with Crippen LogP contribution in [0, 0.1) is 0 Å². The fourth-order valence-electron chi connectivity index (χ4n) is 2.76. The van der Waals surface area contributed by atoms with Crippen molar-refractivity contribution in [2.75, 3.05) is 26.3 Å². The summed E-state index contributed by atoms with van der Waals surface area (Å²) >= 11 is 0. The lowest BCUT2D eigenvalue weighted by Gasteiger charge is -2.36. The van der Waals surface area contributed by atoms with E-state index >= 15 is 0 Å². The highest BCUT2D eigenvalue weighted by Crippen LogP contribution is 2.17. The highest BCUT2D eigenvalue weighted by molar-refractivity contribution is 5.68. The van der Waals surface area contributed by atoms with Crippen molar-refractivity contribution in [3.8, 4) is 0 Å². The first-order valence-electron chi connectivity index (χ1n) is 7.76. The van der Waals surface area contributed by atoms with E-state index in [1.807, 2.05) is 25.7 Å². The Morgan fingerprint density at radius 1 is 1.20 bits per heavy atom. The van der Waals surface area contributed by atoms with E-state index in [4.69, 9.17) is 9.47 Å². The molecule has 20 heavy (non-hydrogen) atoms. The van der Waals surface area contributed by atoms with Crippen molar-refractivity contribution >= 4 is 6.09 Å². The van der Waals surface area contributed by atoms with E-state index < -0.39 is 5.60 Å². The molecule has 2 saturated heterocycles. The van der Waals surface area contributed by atoms with Gasteiger partial charge in [-0.1, -0.05) is 0 Å². The van der Waals surface area contributed by atoms with Crippen LogP contribution in [0.3, 0.4) is 0 Å². The minimum atomic E-state index is -0.411. The lowest BCUT2D eigenvalue weighted by atomic mass is 10.0. The summed E-state index contributed by atoms with van der Waals surface area (Å²) in [6.07, 6.45) is 4.16. The maximum absolute atomic E-state index is 12.0. The maximum Gasteiger partial charge on any atom is 0.410 e. The van der Waals surface area contributed by atoms with Gasteiger partial charge in [-0.15, -0.1) is 0 Å². The molecule has 0 bridgehead atoms. The molecule has 1 atom stereocenters. The van der Waals surface area contributed by atoms with Crippen LogP contribution in [0.1, 0.15) is 46.5 Å². The molecule has 0 radical (unpaired) electrons. The molecule has 0 aromatic heterocycles. The number of amides is 1. The third kappa shape index (κ3) is 4.94. The van der Waals surface area contributed by atoms with Gasteiger partial charge in [-0.05, 0) is 46.5 Å². The number of nitrogens with one attached hydrogen (secondary N) is 1. The van der Waals surface area contributed by atoms with Crippen LogP contribution in [-0.4, -0.2) is 55.0 Å². The van der Waals surface area contributed by atoms with Crippen LogP contribution in [0.25, 0.3) is 0 Å². The molecule has 2 rings (SSSR count). The molecule has 0 aliphatic carbocycles. The van der Waals surface area contributed by atoms with Gasteiger partial charge in [-0.2, -0.15) is 0 Å². The second kappa shape index (κ2) is 6.76. The molecular weight excluding hydrogens is 256 g/mol. The van der Waals surface area contributed by atoms with E-state index in [9.17, 15) is 4.79 Å². The summed E-state index contributed by atoms with van der Waals surface area (Å²) in [6, 6.07) is 0.988. The van der Waals surface area contributed by atoms with E-state index in [0.29, 0.717) is 12.1 Å². The fourth-order valence-corrected chi connectivity index (χ4v) is 2.76. The third-order valence-corrected chi connectivity index (χ3v) is 3.78. The Bertz CT molecular complexity index is 314. The summed E-state index contributed by atoms with van der Waals surface area (Å²) in [6.45, 7) is 8.99. The van der Waals surface area contributed by atoms with Crippen molar-refractivity contribution in [3.63, 3.8) is 0 Å². The van der Waals surface area contributed by atoms with E-state index in [0.717, 1.165) is 45.6 Å². The van der Waals surface area contributed by atoms with Crippen molar-refractivity contribution in [1.29, 1.82) is 0 Å². The molecule has 0 aromatic carbocycles. The predicted octanol–water partition coefficient (Wildman–Crippen LogP) is 2.15. The molecule has 1 amide bonds. The molecule has 2 heterocycles. The predicted molar refractivity (Wildman–Crippen MR) is 77.8 cm³/mol. The van der Waals surface area contributed by atoms with Gasteiger partial charge >= 0.3 is 6.09 Å². The normalized spacial score (nSPS) is 25.6. The zero-order valence-corrected chi connectivity index (χ0v) is 13.0. The van der Waals surface area contributed by atoms with Gasteiger partial charge in [0.25, 0.3) is 0 Å². The van der Waals surface area contributed by atoms with Gasteiger partial charge in [-0.25, -0.2) is 4.79 Å². The number of carbonyl (C=O) groups is 1. The average Bonchev–Trinajstić information content (AvgIpc) is 2.39. The Morgan fingerprint density at radius 3 is 2.45 bits per heavy atom. The molecular formula is C15H28N2O3. The standard InChI is InChI=1S/C15H28N2O3/c1-15(2,3)20-14(18)17-8-6-12(7-9-17)16-13-5-4-10-19-11-13/h12-13,16H,4-11H2,1-3H3. The van der Waals surface area contributed by atoms with Crippen LogP contribution >= 0.6 is 0 Å². The largest absolute Gasteiger partial charge is 0.444 e. The van der Waals surface area contributed by atoms with Crippen LogP contribution in [0.5, 0.6) is 0 Å². The monoisotopic (exact) mass is 284 g/mol. The molecule has 5 heteroatoms. The van der Waals surface area contributed by atoms with Gasteiger partial charge in [0.2, 0.25) is 0 Å². The number of ether oxygens (including phenoxy) is 2. The number of piperidine rings is 1. The van der Waals surface area contributed by atoms with Crippen LogP contribution in [0.15, 0.2) is 0 Å². The first-order valence-corrected chi connectivity index (χ1v) is 7.76. The van der Waals surface area contributed by atoms with E-state index in [-0.39, 0.29) is 6.09 Å². The molecule has 5 nitrogen and oxygen atoms in total. The smallest absolute Gasteiger partial charge is 0.410 e. The molecule has 2 fully saturated rings. The topological polar surface area (TPSA) is 50.8 Å². The lowest BCUT2D eigenvalue weighted by molar-refractivity contribution is 0.0178. The third-order valence-electron chi connectivity index (χ3n) is 3.78. The molecule has 0 saturated carbocycles. The average molecular weight is 284 g/mol. The Kier molecular flexibility index (Phi) is 5.27. The SMILES string of the molecule is CC(C)(C)OC(=O)N1CCC(NC2CCCOC2)CC1. The van der Waals surface area contributed by atoms with Crippen molar-refractivity contribution in [3.05, 3.63) is 0 Å². The van der Waals surface area contributed by atoms with Crippen LogP contribution < -0.4 is 5.32 Å². The zero-order chi connectivity index (χ0) is 14.6. The number of nitrogens with zero attached hydrogens (tertiary/aromatic N) is 1. The first-order chi connectivity index (χ1) is 9.44. The first kappa shape index (κ1) is 15.6. The second-order valence-electron chi connectivity index (χ2n) is 6.82. The number of rotatable bonds is 2. The zero-order valence-electron chi connectivity index (χ0n) is 13.0. The van der Waals surface area contributed by atoms with E-state index in [1.54, 1.807) is 0 Å². The number of likely N-dealkylation sites (tertiary alicyclic amines) is 1. The summed E-state index contributed by atoms with van der Waals surface area (Å²) in [7, 11) is 0. The van der Waals surface area contributed by atoms with Crippen molar-refractivity contribution in [2.24, 2.45) is 0 Å². The van der Waals surface area contributed by atoms with Crippen molar-refractivity contribution in [2.45, 2.75) is 64.1 Å². The van der Waals surface area contributed by atoms with Crippen molar-refractivity contribution in [1.82, 2.24) is 10.2 Å². The Hall–Kier alpha value is -0.810. The minimum absolute atomic E-state index is 0.183. The maximum atomic E-state index is 12.0. The number of carbonyl (C=O) groups excluding carboxylic acids is 1. The summed E-state index contributed by atoms with van der Waals surface area (Å²) in [5, 5.41) is 3.66. The van der Waals surface area contributed by atoms with Crippen LogP contribution in [-0.2, 0) is 9.47 Å². The van der Waals surface area contributed by atoms with Gasteiger partial charge in [0.1, 0.15) is 5.60 Å². The number of hydrogen-bond donors (Lipinski definition) is 1. The molecule has 0 spiro atoms. The Labute approximate surface area is 122 Å². The molecule has 116 valence electrons. The molecule has 1 N–H and O–H groups in total. The summed E-state index contributed by atoms with van der Waals surface area (Å²) in [4.78, 5) is 13.8. The van der Waals surface area contributed by atoms with Gasteiger partial charge in [0, 0.05) is 31.8 Å². The highest BCUT2D eigenvalue weighted by atomic mass is 16.6. The van der Waals surface area contributed by atoms with E-state index in [1.165, 1.54) is 6.42 Å². The van der Waals surface area contributed by atoms with Gasteiger partial charge in [0.15, 0.2) is 0 Å². The summed E-state index contributed by atoms with van der Waals surface area (Å²) in [5.41, 5.74) is -0.411.